The molecule has 1 fully saturated rings. The molecule has 0 amide bonds. The molecule has 0 aliphatic carbocycles. The van der Waals surface area contributed by atoms with Gasteiger partial charge < -0.3 is 15.2 Å². The molecule has 1 rings (SSSR count). The van der Waals surface area contributed by atoms with Gasteiger partial charge in [0, 0.05) is 6.04 Å². The average Bonchev–Trinajstić information content (AvgIpc) is 2.56. The molecular formula is C8H14FNO3. The van der Waals surface area contributed by atoms with Gasteiger partial charge in [-0.15, -0.1) is 0 Å². The molecule has 2 unspecified atom stereocenters. The van der Waals surface area contributed by atoms with Gasteiger partial charge in [-0.3, -0.25) is 0 Å². The van der Waals surface area contributed by atoms with Crippen LogP contribution in [0.4, 0.5) is 4.39 Å². The molecule has 2 N–H and O–H groups in total. The van der Waals surface area contributed by atoms with Crippen molar-refractivity contribution in [2.24, 2.45) is 0 Å². The topological polar surface area (TPSA) is 58.6 Å². The quantitative estimate of drug-likeness (QED) is 0.650. The van der Waals surface area contributed by atoms with E-state index in [1.54, 1.807) is 0 Å². The molecule has 76 valence electrons. The number of carboxylic acid groups (broad SMARTS) is 1. The van der Waals surface area contributed by atoms with Crippen molar-refractivity contribution in [2.75, 3.05) is 19.8 Å². The Balaban J connectivity index is 2.02. The lowest BCUT2D eigenvalue weighted by Crippen LogP contribution is -2.29. The first kappa shape index (κ1) is 10.4. The Morgan fingerprint density at radius 1 is 1.77 bits per heavy atom. The van der Waals surface area contributed by atoms with Gasteiger partial charge in [-0.25, -0.2) is 9.18 Å². The number of rotatable bonds is 5. The van der Waals surface area contributed by atoms with E-state index < -0.39 is 12.1 Å². The van der Waals surface area contributed by atoms with Crippen LogP contribution >= 0.6 is 0 Å². The fourth-order valence-electron chi connectivity index (χ4n) is 1.28. The molecule has 0 bridgehead atoms. The van der Waals surface area contributed by atoms with Crippen LogP contribution in [0.2, 0.25) is 0 Å². The van der Waals surface area contributed by atoms with Crippen LogP contribution in [0, 0.1) is 0 Å². The molecular weight excluding hydrogens is 177 g/mol. The van der Waals surface area contributed by atoms with Crippen LogP contribution in [-0.2, 0) is 9.53 Å². The Labute approximate surface area is 76.1 Å². The third-order valence-corrected chi connectivity index (χ3v) is 2.01. The van der Waals surface area contributed by atoms with E-state index in [1.165, 1.54) is 0 Å². The van der Waals surface area contributed by atoms with Crippen LogP contribution in [0.5, 0.6) is 0 Å². The van der Waals surface area contributed by atoms with E-state index in [4.69, 9.17) is 9.84 Å². The molecule has 0 radical (unpaired) electrons. The van der Waals surface area contributed by atoms with Crippen LogP contribution in [-0.4, -0.2) is 43.0 Å². The lowest BCUT2D eigenvalue weighted by Gasteiger charge is -2.10. The number of carbonyl (C=O) groups is 1. The molecule has 1 aliphatic heterocycles. The minimum atomic E-state index is -1.90. The smallest absolute Gasteiger partial charge is 0.340 e. The first-order valence-corrected chi connectivity index (χ1v) is 4.38. The van der Waals surface area contributed by atoms with E-state index in [-0.39, 0.29) is 12.6 Å². The second kappa shape index (κ2) is 5.14. The zero-order valence-electron chi connectivity index (χ0n) is 7.33. The molecule has 0 aromatic carbocycles. The number of nitrogens with one attached hydrogen (secondary N) is 1. The predicted molar refractivity (Wildman–Crippen MR) is 44.4 cm³/mol. The maximum atomic E-state index is 12.5. The first-order chi connectivity index (χ1) is 6.20. The van der Waals surface area contributed by atoms with Crippen LogP contribution in [0.3, 0.4) is 0 Å². The summed E-state index contributed by atoms with van der Waals surface area (Å²) < 4.78 is 17.4. The van der Waals surface area contributed by atoms with Crippen molar-refractivity contribution in [3.63, 3.8) is 0 Å². The van der Waals surface area contributed by atoms with Gasteiger partial charge in [0.1, 0.15) is 0 Å². The lowest BCUT2D eigenvalue weighted by molar-refractivity contribution is -0.145. The molecule has 1 aliphatic rings. The third-order valence-electron chi connectivity index (χ3n) is 2.01. The minimum absolute atomic E-state index is 0.265. The number of hydrogen-bond acceptors (Lipinski definition) is 3. The lowest BCUT2D eigenvalue weighted by atomic mass is 10.2. The fourth-order valence-corrected chi connectivity index (χ4v) is 1.28. The molecule has 5 heteroatoms. The average molecular weight is 191 g/mol. The highest BCUT2D eigenvalue weighted by Crippen LogP contribution is 2.05. The van der Waals surface area contributed by atoms with Gasteiger partial charge in [-0.05, 0) is 19.4 Å². The summed E-state index contributed by atoms with van der Waals surface area (Å²) in [4.78, 5) is 10.1. The summed E-state index contributed by atoms with van der Waals surface area (Å²) in [6, 6.07) is 0.265. The van der Waals surface area contributed by atoms with E-state index >= 15 is 0 Å². The first-order valence-electron chi connectivity index (χ1n) is 4.38. The van der Waals surface area contributed by atoms with E-state index in [9.17, 15) is 9.18 Å². The highest BCUT2D eigenvalue weighted by Gasteiger charge is 2.18. The van der Waals surface area contributed by atoms with Crippen molar-refractivity contribution in [2.45, 2.75) is 25.1 Å². The standard InChI is InChI=1S/C8H14FNO3/c9-7(8(11)12)5-13-4-6-2-1-3-10-6/h6-7,10H,1-5H2,(H,11,12). The van der Waals surface area contributed by atoms with Gasteiger partial charge in [-0.2, -0.15) is 0 Å². The molecule has 13 heavy (non-hydrogen) atoms. The Morgan fingerprint density at radius 3 is 3.08 bits per heavy atom. The van der Waals surface area contributed by atoms with Gasteiger partial charge >= 0.3 is 5.97 Å². The van der Waals surface area contributed by atoms with Gasteiger partial charge in [0.25, 0.3) is 0 Å². The zero-order chi connectivity index (χ0) is 9.68. The number of carboxylic acids is 1. The van der Waals surface area contributed by atoms with Gasteiger partial charge in [-0.1, -0.05) is 0 Å². The summed E-state index contributed by atoms with van der Waals surface area (Å²) in [6.45, 7) is 1.01. The summed E-state index contributed by atoms with van der Waals surface area (Å²) in [5.74, 6) is -1.46. The summed E-state index contributed by atoms with van der Waals surface area (Å²) in [5, 5.41) is 11.4. The van der Waals surface area contributed by atoms with Crippen LogP contribution in [0.1, 0.15) is 12.8 Å². The fraction of sp³-hybridized carbons (Fsp3) is 0.875. The molecule has 0 aromatic rings. The van der Waals surface area contributed by atoms with Gasteiger partial charge in [0.2, 0.25) is 6.17 Å². The van der Waals surface area contributed by atoms with Crippen molar-refractivity contribution >= 4 is 5.97 Å². The van der Waals surface area contributed by atoms with Crippen molar-refractivity contribution < 1.29 is 19.0 Å². The highest BCUT2D eigenvalue weighted by molar-refractivity contribution is 5.72. The molecule has 2 atom stereocenters. The SMILES string of the molecule is O=C(O)C(F)COCC1CCCN1. The monoisotopic (exact) mass is 191 g/mol. The zero-order valence-corrected chi connectivity index (χ0v) is 7.33. The minimum Gasteiger partial charge on any atom is -0.479 e. The Bertz CT molecular complexity index is 171. The molecule has 0 saturated carbocycles. The summed E-state index contributed by atoms with van der Waals surface area (Å²) in [6.07, 6.45) is 0.220. The van der Waals surface area contributed by atoms with Crippen LogP contribution in [0.15, 0.2) is 0 Å². The van der Waals surface area contributed by atoms with E-state index in [1.807, 2.05) is 0 Å². The molecule has 0 spiro atoms. The summed E-state index contributed by atoms with van der Waals surface area (Å²) >= 11 is 0. The maximum Gasteiger partial charge on any atom is 0.340 e. The number of alkyl halides is 1. The number of halogens is 1. The molecule has 0 aromatic heterocycles. The van der Waals surface area contributed by atoms with Crippen molar-refractivity contribution in [1.82, 2.24) is 5.32 Å². The van der Waals surface area contributed by atoms with Crippen molar-refractivity contribution in [1.29, 1.82) is 0 Å². The van der Waals surface area contributed by atoms with E-state index in [2.05, 4.69) is 5.32 Å². The third kappa shape index (κ3) is 3.69. The van der Waals surface area contributed by atoms with Crippen LogP contribution < -0.4 is 5.32 Å². The normalized spacial score (nSPS) is 24.5. The molecule has 4 nitrogen and oxygen atoms in total. The predicted octanol–water partition coefficient (Wildman–Crippen LogP) is 0.178. The second-order valence-electron chi connectivity index (χ2n) is 3.14. The Hall–Kier alpha value is -0.680. The number of ether oxygens (including phenoxy) is 1. The number of hydrogen-bond donors (Lipinski definition) is 2. The van der Waals surface area contributed by atoms with E-state index in [0.717, 1.165) is 19.4 Å². The van der Waals surface area contributed by atoms with Crippen molar-refractivity contribution in [3.05, 3.63) is 0 Å². The molecule has 1 heterocycles. The Morgan fingerprint density at radius 2 is 2.54 bits per heavy atom. The number of aliphatic carboxylic acids is 1. The summed E-state index contributed by atoms with van der Waals surface area (Å²) in [5.41, 5.74) is 0. The van der Waals surface area contributed by atoms with Gasteiger partial charge in [0.15, 0.2) is 0 Å². The van der Waals surface area contributed by atoms with Crippen molar-refractivity contribution in [3.8, 4) is 0 Å². The Kier molecular flexibility index (Phi) is 4.11. The summed E-state index contributed by atoms with van der Waals surface area (Å²) in [7, 11) is 0. The molecule has 1 saturated heterocycles. The highest BCUT2D eigenvalue weighted by atomic mass is 19.1. The van der Waals surface area contributed by atoms with E-state index in [0.29, 0.717) is 6.61 Å². The largest absolute Gasteiger partial charge is 0.479 e. The van der Waals surface area contributed by atoms with Crippen LogP contribution in [0.25, 0.3) is 0 Å². The maximum absolute atomic E-state index is 12.5. The van der Waals surface area contributed by atoms with Gasteiger partial charge in [0.05, 0.1) is 13.2 Å². The second-order valence-corrected chi connectivity index (χ2v) is 3.14.